The smallest absolute Gasteiger partial charge is 0.131 e. The Morgan fingerprint density at radius 3 is 1.87 bits per heavy atom. The fraction of sp³-hybridized carbons (Fsp3) is 0.0233. The Hall–Kier alpha value is -6.20. The SMILES string of the molecule is N#CC(C#N)=Cc1cc2c(s1)-c1ccc(N(c3ccccc3)c3ccc4ccccc4c3)cc1C21c2ccccc2-c2ccccc21. The maximum atomic E-state index is 9.55. The number of anilines is 3. The van der Waals surface area contributed by atoms with Gasteiger partial charge in [0.2, 0.25) is 0 Å². The topological polar surface area (TPSA) is 50.8 Å². The number of hydrogen-bond donors (Lipinski definition) is 0. The van der Waals surface area contributed by atoms with Gasteiger partial charge in [0.1, 0.15) is 17.7 Å². The summed E-state index contributed by atoms with van der Waals surface area (Å²) < 4.78 is 0. The molecule has 0 aliphatic heterocycles. The molecule has 1 heterocycles. The van der Waals surface area contributed by atoms with Gasteiger partial charge in [-0.05, 0) is 98.3 Å². The number of nitrogens with zero attached hydrogens (tertiary/aromatic N) is 3. The Kier molecular flexibility index (Phi) is 6.02. The van der Waals surface area contributed by atoms with E-state index in [-0.39, 0.29) is 5.57 Å². The van der Waals surface area contributed by atoms with E-state index in [4.69, 9.17) is 0 Å². The molecule has 0 saturated heterocycles. The lowest BCUT2D eigenvalue weighted by Gasteiger charge is -2.32. The summed E-state index contributed by atoms with van der Waals surface area (Å²) >= 11 is 1.65. The summed E-state index contributed by atoms with van der Waals surface area (Å²) in [6.45, 7) is 0. The van der Waals surface area contributed by atoms with Crippen molar-refractivity contribution in [2.24, 2.45) is 0 Å². The van der Waals surface area contributed by atoms with Crippen LogP contribution in [0.2, 0.25) is 0 Å². The van der Waals surface area contributed by atoms with E-state index in [1.54, 1.807) is 17.4 Å². The second-order valence-electron chi connectivity index (χ2n) is 11.9. The van der Waals surface area contributed by atoms with Gasteiger partial charge in [0.15, 0.2) is 0 Å². The molecule has 9 rings (SSSR count). The third kappa shape index (κ3) is 3.90. The first-order chi connectivity index (χ1) is 23.2. The van der Waals surface area contributed by atoms with E-state index in [0.717, 1.165) is 21.9 Å². The molecule has 47 heavy (non-hydrogen) atoms. The minimum absolute atomic E-state index is 0.107. The zero-order chi connectivity index (χ0) is 31.5. The summed E-state index contributed by atoms with van der Waals surface area (Å²) in [6, 6.07) is 56.4. The van der Waals surface area contributed by atoms with E-state index in [9.17, 15) is 10.5 Å². The minimum atomic E-state index is -0.540. The number of nitriles is 2. The zero-order valence-electron chi connectivity index (χ0n) is 25.2. The summed E-state index contributed by atoms with van der Waals surface area (Å²) in [5.41, 5.74) is 11.4. The van der Waals surface area contributed by atoms with Gasteiger partial charge in [-0.2, -0.15) is 10.5 Å². The number of para-hydroxylation sites is 1. The number of rotatable bonds is 4. The van der Waals surface area contributed by atoms with E-state index >= 15 is 0 Å². The Morgan fingerprint density at radius 1 is 0.532 bits per heavy atom. The van der Waals surface area contributed by atoms with Gasteiger partial charge >= 0.3 is 0 Å². The van der Waals surface area contributed by atoms with Crippen molar-refractivity contribution < 1.29 is 0 Å². The van der Waals surface area contributed by atoms with Crippen molar-refractivity contribution in [2.45, 2.75) is 5.41 Å². The lowest BCUT2D eigenvalue weighted by Crippen LogP contribution is -2.26. The van der Waals surface area contributed by atoms with E-state index in [2.05, 4.69) is 150 Å². The average molecular weight is 616 g/mol. The monoisotopic (exact) mass is 615 g/mol. The summed E-state index contributed by atoms with van der Waals surface area (Å²) in [6.07, 6.45) is 1.72. The van der Waals surface area contributed by atoms with Crippen LogP contribution in [-0.4, -0.2) is 0 Å². The summed E-state index contributed by atoms with van der Waals surface area (Å²) in [4.78, 5) is 4.43. The van der Waals surface area contributed by atoms with Gasteiger partial charge in [0, 0.05) is 26.8 Å². The van der Waals surface area contributed by atoms with Crippen LogP contribution in [-0.2, 0) is 5.41 Å². The van der Waals surface area contributed by atoms with Crippen LogP contribution in [0.5, 0.6) is 0 Å². The first kappa shape index (κ1) is 27.1. The van der Waals surface area contributed by atoms with E-state index in [0.29, 0.717) is 0 Å². The van der Waals surface area contributed by atoms with Crippen molar-refractivity contribution in [3.8, 4) is 33.7 Å². The molecular weight excluding hydrogens is 591 g/mol. The number of thiophene rings is 1. The molecule has 7 aromatic rings. The van der Waals surface area contributed by atoms with Gasteiger partial charge in [-0.1, -0.05) is 103 Å². The van der Waals surface area contributed by atoms with Crippen LogP contribution in [0.1, 0.15) is 27.1 Å². The van der Waals surface area contributed by atoms with Gasteiger partial charge < -0.3 is 4.90 Å². The Bertz CT molecular complexity index is 2450. The lowest BCUT2D eigenvalue weighted by molar-refractivity contribution is 0.795. The largest absolute Gasteiger partial charge is 0.310 e. The highest BCUT2D eigenvalue weighted by molar-refractivity contribution is 7.16. The molecule has 0 bridgehead atoms. The van der Waals surface area contributed by atoms with Crippen molar-refractivity contribution >= 4 is 45.2 Å². The molecule has 0 N–H and O–H groups in total. The molecule has 1 aromatic heterocycles. The fourth-order valence-electron chi connectivity index (χ4n) is 7.67. The maximum absolute atomic E-state index is 9.55. The number of allylic oxidation sites excluding steroid dienone is 1. The molecular formula is C43H25N3S. The second kappa shape index (κ2) is 10.4. The van der Waals surface area contributed by atoms with Crippen molar-refractivity contribution in [1.29, 1.82) is 10.5 Å². The minimum Gasteiger partial charge on any atom is -0.310 e. The van der Waals surface area contributed by atoms with Gasteiger partial charge in [-0.25, -0.2) is 0 Å². The molecule has 3 nitrogen and oxygen atoms in total. The van der Waals surface area contributed by atoms with Crippen molar-refractivity contribution in [1.82, 2.24) is 0 Å². The molecule has 0 fully saturated rings. The zero-order valence-corrected chi connectivity index (χ0v) is 26.0. The number of benzene rings is 6. The predicted octanol–water partition coefficient (Wildman–Crippen LogP) is 11.1. The molecule has 0 unspecified atom stereocenters. The molecule has 0 saturated carbocycles. The van der Waals surface area contributed by atoms with Crippen molar-refractivity contribution in [3.05, 3.63) is 178 Å². The lowest BCUT2D eigenvalue weighted by atomic mass is 9.71. The highest BCUT2D eigenvalue weighted by Gasteiger charge is 2.52. The standard InChI is InChI=1S/C43H25N3S/c44-26-28(27-45)22-34-25-41-42(47-34)37-21-20-33(24-40(37)43(41)38-16-8-6-14-35(38)36-15-7-9-17-39(36)43)46(31-12-2-1-3-13-31)32-19-18-29-10-4-5-11-30(29)23-32/h1-25H. The quantitative estimate of drug-likeness (QED) is 0.185. The average Bonchev–Trinajstić information content (AvgIpc) is 3.76. The Morgan fingerprint density at radius 2 is 1.15 bits per heavy atom. The predicted molar refractivity (Wildman–Crippen MR) is 192 cm³/mol. The van der Waals surface area contributed by atoms with E-state index in [1.165, 1.54) is 54.6 Å². The first-order valence-electron chi connectivity index (χ1n) is 15.5. The van der Waals surface area contributed by atoms with Crippen molar-refractivity contribution in [2.75, 3.05) is 4.90 Å². The van der Waals surface area contributed by atoms with Crippen molar-refractivity contribution in [3.63, 3.8) is 0 Å². The third-order valence-electron chi connectivity index (χ3n) is 9.55. The van der Waals surface area contributed by atoms with Gasteiger partial charge in [-0.15, -0.1) is 11.3 Å². The van der Waals surface area contributed by atoms with E-state index < -0.39 is 5.41 Å². The second-order valence-corrected chi connectivity index (χ2v) is 13.0. The molecule has 2 aliphatic rings. The number of hydrogen-bond acceptors (Lipinski definition) is 4. The van der Waals surface area contributed by atoms with Crippen LogP contribution in [0.4, 0.5) is 17.1 Å². The first-order valence-corrected chi connectivity index (χ1v) is 16.4. The van der Waals surface area contributed by atoms with Crippen LogP contribution >= 0.6 is 11.3 Å². The van der Waals surface area contributed by atoms with Gasteiger partial charge in [0.25, 0.3) is 0 Å². The van der Waals surface area contributed by atoms with E-state index in [1.807, 2.05) is 12.1 Å². The molecule has 0 amide bonds. The molecule has 0 atom stereocenters. The highest BCUT2D eigenvalue weighted by Crippen LogP contribution is 2.65. The molecule has 6 aromatic carbocycles. The van der Waals surface area contributed by atoms with Crippen LogP contribution in [0.3, 0.4) is 0 Å². The molecule has 2 aliphatic carbocycles. The summed E-state index contributed by atoms with van der Waals surface area (Å²) in [5, 5.41) is 21.5. The van der Waals surface area contributed by atoms with Crippen LogP contribution < -0.4 is 4.90 Å². The Balaban J connectivity index is 1.34. The van der Waals surface area contributed by atoms with Crippen LogP contribution in [0, 0.1) is 22.7 Å². The van der Waals surface area contributed by atoms with Gasteiger partial charge in [-0.3, -0.25) is 0 Å². The molecule has 218 valence electrons. The molecule has 0 radical (unpaired) electrons. The van der Waals surface area contributed by atoms with Gasteiger partial charge in [0.05, 0.1) is 5.41 Å². The van der Waals surface area contributed by atoms with Crippen LogP contribution in [0.25, 0.3) is 38.4 Å². The highest BCUT2D eigenvalue weighted by atomic mass is 32.1. The summed E-state index contributed by atoms with van der Waals surface area (Å²) in [5.74, 6) is 0. The summed E-state index contributed by atoms with van der Waals surface area (Å²) in [7, 11) is 0. The number of fused-ring (bicyclic) bond motifs is 11. The molecule has 4 heteroatoms. The fourth-order valence-corrected chi connectivity index (χ4v) is 8.87. The maximum Gasteiger partial charge on any atom is 0.131 e. The molecule has 1 spiro atoms. The Labute approximate surface area is 277 Å². The third-order valence-corrected chi connectivity index (χ3v) is 10.7. The van der Waals surface area contributed by atoms with Crippen LogP contribution in [0.15, 0.2) is 151 Å². The normalized spacial score (nSPS) is 12.8.